The van der Waals surface area contributed by atoms with E-state index >= 15 is 0 Å². The first-order chi connectivity index (χ1) is 6.31. The van der Waals surface area contributed by atoms with Crippen molar-refractivity contribution >= 4 is 17.7 Å². The minimum atomic E-state index is -4.29. The minimum absolute atomic E-state index is 0.111. The third-order valence-corrected chi connectivity index (χ3v) is 4.21. The highest BCUT2D eigenvalue weighted by atomic mass is 32.2. The lowest BCUT2D eigenvalue weighted by molar-refractivity contribution is 0.474. The summed E-state index contributed by atoms with van der Waals surface area (Å²) in [6, 6.07) is 7.19. The topological polar surface area (TPSA) is 109 Å². The fourth-order valence-corrected chi connectivity index (χ4v) is 3.14. The Morgan fingerprint density at radius 2 is 1.79 bits per heavy atom. The van der Waals surface area contributed by atoms with Gasteiger partial charge in [-0.25, -0.2) is 13.9 Å². The molecule has 8 heteroatoms. The molecule has 1 aromatic rings. The van der Waals surface area contributed by atoms with Gasteiger partial charge in [0.2, 0.25) is 10.0 Å². The van der Waals surface area contributed by atoms with Gasteiger partial charge in [0.25, 0.3) is 0 Å². The highest BCUT2D eigenvalue weighted by molar-refractivity contribution is 7.95. The third-order valence-electron chi connectivity index (χ3n) is 1.30. The summed E-state index contributed by atoms with van der Waals surface area (Å²) < 4.78 is 34.8. The average Bonchev–Trinajstić information content (AvgIpc) is 2.01. The van der Waals surface area contributed by atoms with Gasteiger partial charge in [0.1, 0.15) is 0 Å². The third kappa shape index (κ3) is 3.21. The van der Waals surface area contributed by atoms with Crippen LogP contribution in [0.4, 0.5) is 0 Å². The van der Waals surface area contributed by atoms with Crippen molar-refractivity contribution in [2.75, 3.05) is 0 Å². The standard InChI is InChI=1S/C6H9N2O4PS/c7-13(9,10)8-14(11,12)6-4-2-1-3-5-6/h1-5H,(H4,7,8,9,10). The molecular formula is C6H9N2O4PS. The molecule has 0 bridgehead atoms. The van der Waals surface area contributed by atoms with Gasteiger partial charge in [-0.05, 0) is 12.1 Å². The predicted octanol–water partition coefficient (Wildman–Crippen LogP) is 0.0240. The van der Waals surface area contributed by atoms with Gasteiger partial charge < -0.3 is 4.89 Å². The largest absolute Gasteiger partial charge is 0.349 e. The fraction of sp³-hybridized carbons (Fsp3) is 0. The number of nitrogens with two attached hydrogens (primary N) is 1. The molecule has 0 saturated heterocycles. The van der Waals surface area contributed by atoms with Gasteiger partial charge in [-0.2, -0.15) is 0 Å². The van der Waals surface area contributed by atoms with E-state index in [0.29, 0.717) is 0 Å². The Kier molecular flexibility index (Phi) is 3.08. The van der Waals surface area contributed by atoms with Crippen LogP contribution < -0.4 is 10.00 Å². The molecule has 0 spiro atoms. The maximum atomic E-state index is 11.3. The molecule has 14 heavy (non-hydrogen) atoms. The van der Waals surface area contributed by atoms with Crippen LogP contribution in [0.2, 0.25) is 0 Å². The molecule has 0 heterocycles. The average molecular weight is 236 g/mol. The molecule has 0 amide bonds. The Balaban J connectivity index is 3.05. The second-order valence-corrected chi connectivity index (χ2v) is 5.99. The molecule has 0 aliphatic heterocycles. The molecular weight excluding hydrogens is 227 g/mol. The maximum Gasteiger partial charge on any atom is 0.349 e. The lowest BCUT2D eigenvalue weighted by atomic mass is 10.4. The van der Waals surface area contributed by atoms with Crippen LogP contribution in [0.15, 0.2) is 35.2 Å². The van der Waals surface area contributed by atoms with Crippen molar-refractivity contribution in [3.8, 4) is 0 Å². The zero-order valence-electron chi connectivity index (χ0n) is 6.99. The zero-order valence-corrected chi connectivity index (χ0v) is 8.70. The first-order valence-corrected chi connectivity index (χ1v) is 6.73. The Labute approximate surface area is 81.4 Å². The van der Waals surface area contributed by atoms with Gasteiger partial charge in [0.05, 0.1) is 4.90 Å². The zero-order chi connectivity index (χ0) is 10.8. The van der Waals surface area contributed by atoms with Crippen LogP contribution in [0, 0.1) is 0 Å². The van der Waals surface area contributed by atoms with Crippen molar-refractivity contribution in [3.05, 3.63) is 30.3 Å². The molecule has 6 nitrogen and oxygen atoms in total. The Morgan fingerprint density at radius 1 is 1.29 bits per heavy atom. The molecule has 1 atom stereocenters. The summed E-state index contributed by atoms with van der Waals surface area (Å²) in [6.07, 6.45) is 0. The highest BCUT2D eigenvalue weighted by Crippen LogP contribution is 2.26. The molecule has 0 aromatic heterocycles. The van der Waals surface area contributed by atoms with Crippen molar-refractivity contribution in [3.63, 3.8) is 0 Å². The molecule has 1 unspecified atom stereocenters. The normalized spacial score (nSPS) is 16.1. The number of sulfonamides is 1. The van der Waals surface area contributed by atoms with Crippen LogP contribution in [0.25, 0.3) is 0 Å². The summed E-state index contributed by atoms with van der Waals surface area (Å²) >= 11 is 0. The van der Waals surface area contributed by atoms with Crippen LogP contribution in [-0.4, -0.2) is 13.3 Å². The minimum Gasteiger partial charge on any atom is -0.321 e. The van der Waals surface area contributed by atoms with E-state index in [1.165, 1.54) is 28.8 Å². The molecule has 0 radical (unpaired) electrons. The summed E-state index contributed by atoms with van der Waals surface area (Å²) in [5.74, 6) is 0. The highest BCUT2D eigenvalue weighted by Gasteiger charge is 2.22. The van der Waals surface area contributed by atoms with E-state index in [2.05, 4.69) is 5.50 Å². The van der Waals surface area contributed by atoms with Gasteiger partial charge in [0.15, 0.2) is 0 Å². The van der Waals surface area contributed by atoms with E-state index in [1.54, 1.807) is 6.07 Å². The maximum absolute atomic E-state index is 11.3. The summed E-state index contributed by atoms with van der Waals surface area (Å²) in [5.41, 5.74) is 4.68. The van der Waals surface area contributed by atoms with Crippen LogP contribution in [-0.2, 0) is 14.6 Å². The second-order valence-electron chi connectivity index (χ2n) is 2.53. The summed E-state index contributed by atoms with van der Waals surface area (Å²) in [4.78, 5) is 8.55. The first kappa shape index (κ1) is 11.4. The fourth-order valence-electron chi connectivity index (χ4n) is 0.825. The van der Waals surface area contributed by atoms with E-state index in [4.69, 9.17) is 4.89 Å². The van der Waals surface area contributed by atoms with Crippen molar-refractivity contribution < 1.29 is 17.9 Å². The van der Waals surface area contributed by atoms with E-state index in [-0.39, 0.29) is 4.90 Å². The molecule has 78 valence electrons. The van der Waals surface area contributed by atoms with Crippen molar-refractivity contribution in [1.29, 1.82) is 0 Å². The van der Waals surface area contributed by atoms with Gasteiger partial charge in [-0.1, -0.05) is 18.2 Å². The number of hydrogen-bond acceptors (Lipinski definition) is 3. The van der Waals surface area contributed by atoms with Crippen LogP contribution in [0.3, 0.4) is 0 Å². The van der Waals surface area contributed by atoms with E-state index in [0.717, 1.165) is 0 Å². The van der Waals surface area contributed by atoms with Crippen LogP contribution in [0.1, 0.15) is 0 Å². The quantitative estimate of drug-likeness (QED) is 0.641. The lowest BCUT2D eigenvalue weighted by Crippen LogP contribution is -2.24. The number of benzene rings is 1. The first-order valence-electron chi connectivity index (χ1n) is 3.52. The molecule has 0 fully saturated rings. The predicted molar refractivity (Wildman–Crippen MR) is 50.8 cm³/mol. The molecule has 1 rings (SSSR count). The smallest absolute Gasteiger partial charge is 0.321 e. The Hall–Kier alpha value is -0.720. The molecule has 1 aromatic carbocycles. The van der Waals surface area contributed by atoms with Gasteiger partial charge in [-0.3, -0.25) is 4.57 Å². The summed E-state index contributed by atoms with van der Waals surface area (Å²) in [7, 11) is -8.30. The van der Waals surface area contributed by atoms with Crippen molar-refractivity contribution in [2.45, 2.75) is 4.90 Å². The van der Waals surface area contributed by atoms with E-state index in [9.17, 15) is 13.0 Å². The van der Waals surface area contributed by atoms with Gasteiger partial charge in [0, 0.05) is 0 Å². The van der Waals surface area contributed by atoms with Crippen molar-refractivity contribution in [1.82, 2.24) is 4.49 Å². The number of nitrogens with one attached hydrogen (secondary N) is 1. The van der Waals surface area contributed by atoms with Crippen molar-refractivity contribution in [2.24, 2.45) is 5.50 Å². The SMILES string of the molecule is NP(=O)(O)NS(=O)(=O)c1ccccc1. The second kappa shape index (κ2) is 3.80. The van der Waals surface area contributed by atoms with Crippen LogP contribution in [0.5, 0.6) is 0 Å². The number of rotatable bonds is 3. The number of hydrogen-bond donors (Lipinski definition) is 3. The van der Waals surface area contributed by atoms with Crippen LogP contribution >= 0.6 is 7.67 Å². The molecule has 0 aliphatic carbocycles. The van der Waals surface area contributed by atoms with Gasteiger partial charge >= 0.3 is 7.67 Å². The van der Waals surface area contributed by atoms with E-state index < -0.39 is 17.7 Å². The van der Waals surface area contributed by atoms with Gasteiger partial charge in [-0.15, -0.1) is 4.49 Å². The Morgan fingerprint density at radius 3 is 2.21 bits per heavy atom. The molecule has 0 aliphatic rings. The molecule has 4 N–H and O–H groups in total. The molecule has 0 saturated carbocycles. The summed E-state index contributed by atoms with van der Waals surface area (Å²) in [6.45, 7) is 0. The monoisotopic (exact) mass is 236 g/mol. The summed E-state index contributed by atoms with van der Waals surface area (Å²) in [5, 5.41) is 0. The lowest BCUT2D eigenvalue weighted by Gasteiger charge is -2.07. The Bertz CT molecular complexity index is 452. The van der Waals surface area contributed by atoms with E-state index in [1.807, 2.05) is 0 Å².